The van der Waals surface area contributed by atoms with Gasteiger partial charge < -0.3 is 14.6 Å². The summed E-state index contributed by atoms with van der Waals surface area (Å²) in [6.45, 7) is 13.5. The topological polar surface area (TPSA) is 72.8 Å². The van der Waals surface area contributed by atoms with Crippen molar-refractivity contribution in [1.82, 2.24) is 0 Å². The van der Waals surface area contributed by atoms with E-state index in [1.807, 2.05) is 0 Å². The Kier molecular flexibility index (Phi) is 6.14. The first-order valence-electron chi connectivity index (χ1n) is 13.2. The Morgan fingerprint density at radius 2 is 1.76 bits per heavy atom. The molecule has 3 saturated carbocycles. The highest BCUT2D eigenvalue weighted by Crippen LogP contribution is 2.72. The van der Waals surface area contributed by atoms with Gasteiger partial charge in [-0.2, -0.15) is 0 Å². The van der Waals surface area contributed by atoms with Gasteiger partial charge in [-0.25, -0.2) is 0 Å². The standard InChI is InChI=1S/C28H46O5/c1-24(2)11-8-12-28(6,33-24)19-9-14-26(4)23(19)20(30)15-21-25(3,13-10-22(31)32-7)16-18(29)17-27(21,26)5/h19-21,23,30H,8-17H2,1-7H3/t19-,20+,21+,23-,25-,26+,27+,28+/m0/s1. The third kappa shape index (κ3) is 3.90. The van der Waals surface area contributed by atoms with Gasteiger partial charge in [0.1, 0.15) is 5.78 Å². The molecule has 188 valence electrons. The number of hydrogen-bond acceptors (Lipinski definition) is 5. The molecule has 1 saturated heterocycles. The van der Waals surface area contributed by atoms with Crippen LogP contribution in [-0.4, -0.2) is 41.3 Å². The Bertz CT molecular complexity index is 806. The average molecular weight is 463 g/mol. The van der Waals surface area contributed by atoms with Gasteiger partial charge in [0, 0.05) is 19.3 Å². The van der Waals surface area contributed by atoms with E-state index in [0.29, 0.717) is 43.8 Å². The Balaban J connectivity index is 1.68. The number of carbonyl (C=O) groups excluding carboxylic acids is 2. The highest BCUT2D eigenvalue weighted by Gasteiger charge is 2.69. The fourth-order valence-corrected chi connectivity index (χ4v) is 9.37. The maximum absolute atomic E-state index is 13.2. The van der Waals surface area contributed by atoms with E-state index in [-0.39, 0.29) is 45.3 Å². The molecule has 1 N–H and O–H groups in total. The van der Waals surface area contributed by atoms with E-state index >= 15 is 0 Å². The normalized spacial score (nSPS) is 49.3. The zero-order valence-electron chi connectivity index (χ0n) is 22.0. The van der Waals surface area contributed by atoms with Crippen LogP contribution in [0.15, 0.2) is 0 Å². The van der Waals surface area contributed by atoms with Crippen molar-refractivity contribution in [1.29, 1.82) is 0 Å². The monoisotopic (exact) mass is 462 g/mol. The summed E-state index contributed by atoms with van der Waals surface area (Å²) in [6.07, 6.45) is 7.68. The second-order valence-electron chi connectivity index (χ2n) is 13.5. The molecule has 4 fully saturated rings. The molecule has 0 amide bonds. The molecule has 0 aromatic heterocycles. The summed E-state index contributed by atoms with van der Waals surface area (Å²) in [5, 5.41) is 11.7. The summed E-state index contributed by atoms with van der Waals surface area (Å²) >= 11 is 0. The lowest BCUT2D eigenvalue weighted by molar-refractivity contribution is -0.232. The second-order valence-corrected chi connectivity index (χ2v) is 13.5. The van der Waals surface area contributed by atoms with Crippen molar-refractivity contribution in [2.45, 2.75) is 123 Å². The minimum absolute atomic E-state index is 0.128. The van der Waals surface area contributed by atoms with Crippen LogP contribution in [0.5, 0.6) is 0 Å². The van der Waals surface area contributed by atoms with E-state index in [1.165, 1.54) is 7.11 Å². The molecule has 0 unspecified atom stereocenters. The van der Waals surface area contributed by atoms with Crippen LogP contribution in [0.25, 0.3) is 0 Å². The van der Waals surface area contributed by atoms with Crippen LogP contribution in [0.1, 0.15) is 106 Å². The Morgan fingerprint density at radius 1 is 1.06 bits per heavy atom. The zero-order valence-corrected chi connectivity index (χ0v) is 22.0. The van der Waals surface area contributed by atoms with Crippen molar-refractivity contribution >= 4 is 11.8 Å². The molecule has 1 aliphatic heterocycles. The number of ether oxygens (including phenoxy) is 2. The molecule has 5 nitrogen and oxygen atoms in total. The number of Topliss-reactive ketones (excluding diaryl/α,β-unsaturated/α-hetero) is 1. The van der Waals surface area contributed by atoms with Gasteiger partial charge in [-0.3, -0.25) is 9.59 Å². The lowest BCUT2D eigenvalue weighted by atomic mass is 9.39. The van der Waals surface area contributed by atoms with E-state index in [9.17, 15) is 14.7 Å². The lowest BCUT2D eigenvalue weighted by Crippen LogP contribution is -2.64. The summed E-state index contributed by atoms with van der Waals surface area (Å²) in [4.78, 5) is 25.2. The van der Waals surface area contributed by atoms with E-state index < -0.39 is 6.10 Å². The third-order valence-corrected chi connectivity index (χ3v) is 11.0. The van der Waals surface area contributed by atoms with Gasteiger partial charge in [-0.05, 0) is 99.7 Å². The molecular weight excluding hydrogens is 416 g/mol. The number of esters is 1. The van der Waals surface area contributed by atoms with Crippen molar-refractivity contribution in [3.63, 3.8) is 0 Å². The van der Waals surface area contributed by atoms with Gasteiger partial charge in [0.15, 0.2) is 0 Å². The first-order chi connectivity index (χ1) is 15.2. The SMILES string of the molecule is COC(=O)CC[C@@]1(C)CC(=O)C[C@]2(C)[C@@H]1C[C@@H](O)[C@@H]1[C@@H]([C@@]3(C)CCCC(C)(C)O3)CC[C@]12C. The smallest absolute Gasteiger partial charge is 0.305 e. The molecule has 33 heavy (non-hydrogen) atoms. The second kappa shape index (κ2) is 8.05. The molecular formula is C28H46O5. The third-order valence-electron chi connectivity index (χ3n) is 11.0. The molecule has 5 heteroatoms. The lowest BCUT2D eigenvalue weighted by Gasteiger charge is -2.65. The Labute approximate surface area is 200 Å². The van der Waals surface area contributed by atoms with Crippen molar-refractivity contribution in [2.75, 3.05) is 7.11 Å². The zero-order chi connectivity index (χ0) is 24.4. The van der Waals surface area contributed by atoms with Gasteiger partial charge in [0.25, 0.3) is 0 Å². The van der Waals surface area contributed by atoms with Gasteiger partial charge in [0.2, 0.25) is 0 Å². The minimum atomic E-state index is -0.406. The Morgan fingerprint density at radius 3 is 2.39 bits per heavy atom. The van der Waals surface area contributed by atoms with E-state index in [4.69, 9.17) is 9.47 Å². The first-order valence-corrected chi connectivity index (χ1v) is 13.2. The number of methoxy groups -OCH3 is 1. The first kappa shape index (κ1) is 25.2. The van der Waals surface area contributed by atoms with Crippen molar-refractivity contribution in [3.8, 4) is 0 Å². The summed E-state index contributed by atoms with van der Waals surface area (Å²) in [5.74, 6) is 0.727. The molecule has 0 spiro atoms. The van der Waals surface area contributed by atoms with Gasteiger partial charge >= 0.3 is 5.97 Å². The van der Waals surface area contributed by atoms with Crippen LogP contribution in [0.2, 0.25) is 0 Å². The summed E-state index contributed by atoms with van der Waals surface area (Å²) < 4.78 is 11.7. The predicted octanol–water partition coefficient (Wildman–Crippen LogP) is 5.47. The minimum Gasteiger partial charge on any atom is -0.469 e. The van der Waals surface area contributed by atoms with Crippen LogP contribution in [-0.2, 0) is 19.1 Å². The van der Waals surface area contributed by atoms with Crippen LogP contribution in [0.3, 0.4) is 0 Å². The molecule has 4 rings (SSSR count). The van der Waals surface area contributed by atoms with Gasteiger partial charge in [-0.1, -0.05) is 20.8 Å². The molecule has 4 aliphatic rings. The largest absolute Gasteiger partial charge is 0.469 e. The maximum atomic E-state index is 13.2. The number of ketones is 1. The van der Waals surface area contributed by atoms with Crippen LogP contribution >= 0.6 is 0 Å². The summed E-state index contributed by atoms with van der Waals surface area (Å²) in [7, 11) is 1.42. The fourth-order valence-electron chi connectivity index (χ4n) is 9.37. The average Bonchev–Trinajstić information content (AvgIpc) is 3.08. The van der Waals surface area contributed by atoms with Crippen LogP contribution < -0.4 is 0 Å². The van der Waals surface area contributed by atoms with E-state index in [2.05, 4.69) is 41.5 Å². The quantitative estimate of drug-likeness (QED) is 0.561. The highest BCUT2D eigenvalue weighted by atomic mass is 16.5. The number of aliphatic hydroxyl groups is 1. The number of hydrogen-bond donors (Lipinski definition) is 1. The van der Waals surface area contributed by atoms with Crippen LogP contribution in [0, 0.1) is 34.0 Å². The number of rotatable bonds is 4. The van der Waals surface area contributed by atoms with E-state index in [1.54, 1.807) is 0 Å². The summed E-state index contributed by atoms with van der Waals surface area (Å²) in [6, 6.07) is 0. The van der Waals surface area contributed by atoms with Crippen LogP contribution in [0.4, 0.5) is 0 Å². The molecule has 0 bridgehead atoms. The van der Waals surface area contributed by atoms with E-state index in [0.717, 1.165) is 32.1 Å². The Hall–Kier alpha value is -0.940. The maximum Gasteiger partial charge on any atom is 0.305 e. The number of fused-ring (bicyclic) bond motifs is 3. The van der Waals surface area contributed by atoms with Crippen molar-refractivity contribution < 1.29 is 24.2 Å². The predicted molar refractivity (Wildman–Crippen MR) is 128 cm³/mol. The highest BCUT2D eigenvalue weighted by molar-refractivity contribution is 5.81. The van der Waals surface area contributed by atoms with Crippen molar-refractivity contribution in [2.24, 2.45) is 34.0 Å². The van der Waals surface area contributed by atoms with Gasteiger partial charge in [-0.15, -0.1) is 0 Å². The summed E-state index contributed by atoms with van der Waals surface area (Å²) in [5.41, 5.74) is -0.978. The van der Waals surface area contributed by atoms with Gasteiger partial charge in [0.05, 0.1) is 24.4 Å². The molecule has 1 heterocycles. The molecule has 3 aliphatic carbocycles. The number of aliphatic hydroxyl groups excluding tert-OH is 1. The number of carbonyl (C=O) groups is 2. The molecule has 0 aromatic carbocycles. The molecule has 0 aromatic rings. The fraction of sp³-hybridized carbons (Fsp3) is 0.929. The molecule has 0 radical (unpaired) electrons. The molecule has 8 atom stereocenters. The van der Waals surface area contributed by atoms with Crippen molar-refractivity contribution in [3.05, 3.63) is 0 Å².